The van der Waals surface area contributed by atoms with E-state index in [0.717, 1.165) is 25.6 Å². The summed E-state index contributed by atoms with van der Waals surface area (Å²) in [7, 11) is 1.73. The standard InChI is InChI=1S/C14H25N3O/c1-12-4-3-5-14(8-12)17-11-13(10-16-17)9-15-6-7-18-2/h10-12,14-15H,3-9H2,1-2H3. The number of methoxy groups -OCH3 is 1. The number of nitrogens with zero attached hydrogens (tertiary/aromatic N) is 2. The molecule has 0 aromatic carbocycles. The summed E-state index contributed by atoms with van der Waals surface area (Å²) in [5.74, 6) is 0.844. The maximum atomic E-state index is 5.01. The molecule has 1 aromatic rings. The van der Waals surface area contributed by atoms with Crippen molar-refractivity contribution in [2.24, 2.45) is 5.92 Å². The first-order valence-electron chi connectivity index (χ1n) is 7.02. The van der Waals surface area contributed by atoms with Crippen LogP contribution in [0.3, 0.4) is 0 Å². The molecule has 1 saturated carbocycles. The predicted octanol–water partition coefficient (Wildman–Crippen LogP) is 2.37. The molecule has 2 rings (SSSR count). The highest BCUT2D eigenvalue weighted by atomic mass is 16.5. The smallest absolute Gasteiger partial charge is 0.0587 e. The van der Waals surface area contributed by atoms with Crippen molar-refractivity contribution in [1.29, 1.82) is 0 Å². The van der Waals surface area contributed by atoms with Crippen LogP contribution < -0.4 is 5.32 Å². The van der Waals surface area contributed by atoms with Crippen molar-refractivity contribution < 1.29 is 4.74 Å². The van der Waals surface area contributed by atoms with Gasteiger partial charge in [-0.1, -0.05) is 19.8 Å². The van der Waals surface area contributed by atoms with Gasteiger partial charge in [0.2, 0.25) is 0 Å². The predicted molar refractivity (Wildman–Crippen MR) is 72.5 cm³/mol. The van der Waals surface area contributed by atoms with Gasteiger partial charge in [-0.15, -0.1) is 0 Å². The van der Waals surface area contributed by atoms with Gasteiger partial charge in [-0.3, -0.25) is 4.68 Å². The lowest BCUT2D eigenvalue weighted by Gasteiger charge is -2.26. The summed E-state index contributed by atoms with van der Waals surface area (Å²) in [5, 5.41) is 7.87. The van der Waals surface area contributed by atoms with Gasteiger partial charge in [0.05, 0.1) is 18.8 Å². The summed E-state index contributed by atoms with van der Waals surface area (Å²) in [4.78, 5) is 0. The van der Waals surface area contributed by atoms with E-state index in [1.165, 1.54) is 31.2 Å². The summed E-state index contributed by atoms with van der Waals surface area (Å²) in [6.45, 7) is 4.88. The summed E-state index contributed by atoms with van der Waals surface area (Å²) in [6, 6.07) is 0.612. The Balaban J connectivity index is 1.81. The van der Waals surface area contributed by atoms with E-state index in [2.05, 4.69) is 28.2 Å². The van der Waals surface area contributed by atoms with Gasteiger partial charge in [-0.2, -0.15) is 5.10 Å². The first-order chi connectivity index (χ1) is 8.79. The van der Waals surface area contributed by atoms with Gasteiger partial charge < -0.3 is 10.1 Å². The van der Waals surface area contributed by atoms with Crippen molar-refractivity contribution >= 4 is 0 Å². The Labute approximate surface area is 110 Å². The molecule has 0 aliphatic heterocycles. The Hall–Kier alpha value is -0.870. The number of ether oxygens (including phenoxy) is 1. The van der Waals surface area contributed by atoms with Crippen LogP contribution in [0.4, 0.5) is 0 Å². The molecule has 4 nitrogen and oxygen atoms in total. The molecule has 0 radical (unpaired) electrons. The van der Waals surface area contributed by atoms with Gasteiger partial charge in [0, 0.05) is 32.0 Å². The molecule has 2 atom stereocenters. The van der Waals surface area contributed by atoms with E-state index in [1.807, 2.05) is 6.20 Å². The highest BCUT2D eigenvalue weighted by molar-refractivity contribution is 5.04. The van der Waals surface area contributed by atoms with Crippen LogP contribution in [0, 0.1) is 5.92 Å². The second-order valence-electron chi connectivity index (χ2n) is 5.42. The average molecular weight is 251 g/mol. The number of hydrogen-bond donors (Lipinski definition) is 1. The van der Waals surface area contributed by atoms with Crippen LogP contribution in [0.25, 0.3) is 0 Å². The van der Waals surface area contributed by atoms with E-state index < -0.39 is 0 Å². The SMILES string of the molecule is COCCNCc1cnn(C2CCCC(C)C2)c1. The largest absolute Gasteiger partial charge is 0.383 e. The summed E-state index contributed by atoms with van der Waals surface area (Å²) in [6.07, 6.45) is 9.46. The van der Waals surface area contributed by atoms with Crippen LogP contribution in [0.2, 0.25) is 0 Å². The van der Waals surface area contributed by atoms with Crippen molar-refractivity contribution in [2.45, 2.75) is 45.2 Å². The summed E-state index contributed by atoms with van der Waals surface area (Å²) >= 11 is 0. The molecule has 18 heavy (non-hydrogen) atoms. The van der Waals surface area contributed by atoms with Crippen LogP contribution >= 0.6 is 0 Å². The minimum Gasteiger partial charge on any atom is -0.383 e. The molecule has 0 bridgehead atoms. The van der Waals surface area contributed by atoms with Crippen molar-refractivity contribution in [3.8, 4) is 0 Å². The lowest BCUT2D eigenvalue weighted by atomic mass is 9.87. The van der Waals surface area contributed by atoms with E-state index in [1.54, 1.807) is 7.11 Å². The van der Waals surface area contributed by atoms with Crippen molar-refractivity contribution in [3.05, 3.63) is 18.0 Å². The zero-order valence-corrected chi connectivity index (χ0v) is 11.6. The Kier molecular flexibility index (Phi) is 5.20. The molecule has 1 N–H and O–H groups in total. The molecule has 102 valence electrons. The lowest BCUT2D eigenvalue weighted by Crippen LogP contribution is -2.19. The normalized spacial score (nSPS) is 24.3. The first-order valence-corrected chi connectivity index (χ1v) is 7.02. The fourth-order valence-corrected chi connectivity index (χ4v) is 2.72. The van der Waals surface area contributed by atoms with E-state index in [4.69, 9.17) is 4.74 Å². The molecule has 4 heteroatoms. The fraction of sp³-hybridized carbons (Fsp3) is 0.786. The van der Waals surface area contributed by atoms with E-state index in [9.17, 15) is 0 Å². The van der Waals surface area contributed by atoms with Crippen molar-refractivity contribution in [1.82, 2.24) is 15.1 Å². The monoisotopic (exact) mass is 251 g/mol. The van der Waals surface area contributed by atoms with Gasteiger partial charge in [0.25, 0.3) is 0 Å². The number of nitrogens with one attached hydrogen (secondary N) is 1. The first kappa shape index (κ1) is 13.6. The fourth-order valence-electron chi connectivity index (χ4n) is 2.72. The molecule has 1 aromatic heterocycles. The second kappa shape index (κ2) is 6.90. The molecule has 1 heterocycles. The summed E-state index contributed by atoms with van der Waals surface area (Å²) < 4.78 is 7.18. The second-order valence-corrected chi connectivity index (χ2v) is 5.42. The average Bonchev–Trinajstić information content (AvgIpc) is 2.83. The molecule has 2 unspecified atom stereocenters. The quantitative estimate of drug-likeness (QED) is 0.789. The van der Waals surface area contributed by atoms with E-state index in [0.29, 0.717) is 6.04 Å². The molecule has 0 spiro atoms. The Bertz CT molecular complexity index is 351. The molecule has 1 aliphatic rings. The maximum Gasteiger partial charge on any atom is 0.0587 e. The minimum atomic E-state index is 0.612. The number of rotatable bonds is 6. The van der Waals surface area contributed by atoms with Crippen molar-refractivity contribution in [2.75, 3.05) is 20.3 Å². The third-order valence-electron chi connectivity index (χ3n) is 3.75. The minimum absolute atomic E-state index is 0.612. The van der Waals surface area contributed by atoms with Gasteiger partial charge in [0.15, 0.2) is 0 Å². The van der Waals surface area contributed by atoms with E-state index in [-0.39, 0.29) is 0 Å². The summed E-state index contributed by atoms with van der Waals surface area (Å²) in [5.41, 5.74) is 1.27. The molecule has 0 amide bonds. The number of aromatic nitrogens is 2. The highest BCUT2D eigenvalue weighted by Crippen LogP contribution is 2.31. The molecule has 1 fully saturated rings. The van der Waals surface area contributed by atoms with Gasteiger partial charge in [-0.25, -0.2) is 0 Å². The topological polar surface area (TPSA) is 39.1 Å². The Morgan fingerprint density at radius 3 is 3.17 bits per heavy atom. The Morgan fingerprint density at radius 1 is 1.50 bits per heavy atom. The lowest BCUT2D eigenvalue weighted by molar-refractivity contribution is 0.199. The van der Waals surface area contributed by atoms with Crippen LogP contribution in [-0.4, -0.2) is 30.0 Å². The molecule has 0 saturated heterocycles. The number of hydrogen-bond acceptors (Lipinski definition) is 3. The van der Waals surface area contributed by atoms with Crippen molar-refractivity contribution in [3.63, 3.8) is 0 Å². The van der Waals surface area contributed by atoms with Gasteiger partial charge >= 0.3 is 0 Å². The highest BCUT2D eigenvalue weighted by Gasteiger charge is 2.20. The molecular weight excluding hydrogens is 226 g/mol. The third kappa shape index (κ3) is 3.82. The zero-order chi connectivity index (χ0) is 12.8. The zero-order valence-electron chi connectivity index (χ0n) is 11.6. The Morgan fingerprint density at radius 2 is 2.39 bits per heavy atom. The maximum absolute atomic E-state index is 5.01. The van der Waals surface area contributed by atoms with Gasteiger partial charge in [-0.05, 0) is 18.8 Å². The van der Waals surface area contributed by atoms with Crippen LogP contribution in [0.1, 0.15) is 44.2 Å². The molecular formula is C14H25N3O. The van der Waals surface area contributed by atoms with Gasteiger partial charge in [0.1, 0.15) is 0 Å². The van der Waals surface area contributed by atoms with Crippen LogP contribution in [-0.2, 0) is 11.3 Å². The van der Waals surface area contributed by atoms with Crippen LogP contribution in [0.5, 0.6) is 0 Å². The third-order valence-corrected chi connectivity index (χ3v) is 3.75. The van der Waals surface area contributed by atoms with Crippen LogP contribution in [0.15, 0.2) is 12.4 Å². The molecule has 1 aliphatic carbocycles. The van der Waals surface area contributed by atoms with E-state index >= 15 is 0 Å².